The highest BCUT2D eigenvalue weighted by molar-refractivity contribution is 6.31. The van der Waals surface area contributed by atoms with E-state index in [0.717, 1.165) is 34.7 Å². The van der Waals surface area contributed by atoms with Crippen molar-refractivity contribution >= 4 is 22.6 Å². The van der Waals surface area contributed by atoms with E-state index in [9.17, 15) is 0 Å². The first-order valence-corrected chi connectivity index (χ1v) is 7.44. The lowest BCUT2D eigenvalue weighted by molar-refractivity contribution is 0.359. The van der Waals surface area contributed by atoms with Crippen LogP contribution < -0.4 is 5.32 Å². The maximum Gasteiger partial charge on any atom is 0.134 e. The summed E-state index contributed by atoms with van der Waals surface area (Å²) in [5.74, 6) is 1.69. The third-order valence-electron chi connectivity index (χ3n) is 3.63. The largest absolute Gasteiger partial charge is 0.459 e. The minimum absolute atomic E-state index is 0.283. The van der Waals surface area contributed by atoms with Crippen molar-refractivity contribution in [3.05, 3.63) is 35.0 Å². The number of rotatable bonds is 6. The van der Waals surface area contributed by atoms with Crippen molar-refractivity contribution < 1.29 is 4.42 Å². The Labute approximate surface area is 120 Å². The molecule has 0 radical (unpaired) electrons. The van der Waals surface area contributed by atoms with Crippen molar-refractivity contribution in [3.63, 3.8) is 0 Å². The van der Waals surface area contributed by atoms with Gasteiger partial charge in [-0.25, -0.2) is 0 Å². The minimum Gasteiger partial charge on any atom is -0.459 e. The summed E-state index contributed by atoms with van der Waals surface area (Å²) in [7, 11) is 0. The van der Waals surface area contributed by atoms with Crippen molar-refractivity contribution in [2.75, 3.05) is 6.54 Å². The topological polar surface area (TPSA) is 25.2 Å². The van der Waals surface area contributed by atoms with Gasteiger partial charge in [-0.15, -0.1) is 0 Å². The molecule has 0 bridgehead atoms. The third-order valence-corrected chi connectivity index (χ3v) is 3.86. The highest BCUT2D eigenvalue weighted by Gasteiger charge is 2.17. The highest BCUT2D eigenvalue weighted by Crippen LogP contribution is 2.30. The molecule has 1 N–H and O–H groups in total. The summed E-state index contributed by atoms with van der Waals surface area (Å²) in [6.07, 6.45) is 2.28. The second kappa shape index (κ2) is 6.44. The van der Waals surface area contributed by atoms with Gasteiger partial charge in [-0.05, 0) is 43.1 Å². The number of halogens is 1. The summed E-state index contributed by atoms with van der Waals surface area (Å²) in [6, 6.07) is 8.15. The van der Waals surface area contributed by atoms with Gasteiger partial charge in [0.2, 0.25) is 0 Å². The first-order chi connectivity index (χ1) is 9.13. The van der Waals surface area contributed by atoms with Crippen LogP contribution in [0.15, 0.2) is 28.7 Å². The lowest BCUT2D eigenvalue weighted by Gasteiger charge is -2.18. The van der Waals surface area contributed by atoms with Gasteiger partial charge in [0.15, 0.2) is 0 Å². The van der Waals surface area contributed by atoms with E-state index in [1.807, 2.05) is 18.2 Å². The molecule has 1 aromatic heterocycles. The quantitative estimate of drug-likeness (QED) is 0.789. The van der Waals surface area contributed by atoms with Gasteiger partial charge in [-0.1, -0.05) is 38.8 Å². The number of nitrogens with one attached hydrogen (secondary N) is 1. The van der Waals surface area contributed by atoms with Gasteiger partial charge in [0.25, 0.3) is 0 Å². The molecule has 1 heterocycles. The summed E-state index contributed by atoms with van der Waals surface area (Å²) < 4.78 is 5.96. The van der Waals surface area contributed by atoms with Crippen LogP contribution in [0.1, 0.15) is 45.4 Å². The molecule has 1 aromatic carbocycles. The van der Waals surface area contributed by atoms with E-state index in [1.54, 1.807) is 0 Å². The van der Waals surface area contributed by atoms with Crippen LogP contribution in [0.25, 0.3) is 11.0 Å². The minimum atomic E-state index is 0.283. The third kappa shape index (κ3) is 3.52. The molecule has 0 saturated carbocycles. The fraction of sp³-hybridized carbons (Fsp3) is 0.500. The highest BCUT2D eigenvalue weighted by atomic mass is 35.5. The van der Waals surface area contributed by atoms with Gasteiger partial charge in [0.05, 0.1) is 6.04 Å². The Kier molecular flexibility index (Phi) is 4.89. The second-order valence-electron chi connectivity index (χ2n) is 5.19. The average molecular weight is 280 g/mol. The van der Waals surface area contributed by atoms with E-state index >= 15 is 0 Å². The van der Waals surface area contributed by atoms with Gasteiger partial charge in [0.1, 0.15) is 11.3 Å². The maximum atomic E-state index is 6.02. The van der Waals surface area contributed by atoms with E-state index in [-0.39, 0.29) is 6.04 Å². The Balaban J connectivity index is 2.27. The predicted octanol–water partition coefficient (Wildman–Crippen LogP) is 5.17. The monoisotopic (exact) mass is 279 g/mol. The molecule has 2 aromatic rings. The van der Waals surface area contributed by atoms with Gasteiger partial charge >= 0.3 is 0 Å². The number of benzene rings is 1. The first-order valence-electron chi connectivity index (χ1n) is 7.06. The standard InChI is InChI=1S/C16H22ClNO/c1-4-11(3)8-14(18-5-2)16-10-12-9-13(17)6-7-15(12)19-16/h6-7,9-11,14,18H,4-5,8H2,1-3H3. The van der Waals surface area contributed by atoms with E-state index in [1.165, 1.54) is 6.42 Å². The number of fused-ring (bicyclic) bond motifs is 1. The molecule has 0 amide bonds. The molecule has 0 spiro atoms. The zero-order valence-corrected chi connectivity index (χ0v) is 12.6. The van der Waals surface area contributed by atoms with E-state index in [2.05, 4.69) is 32.2 Å². The van der Waals surface area contributed by atoms with Crippen LogP contribution in [0.2, 0.25) is 5.02 Å². The average Bonchev–Trinajstić information content (AvgIpc) is 2.80. The normalized spacial score (nSPS) is 14.7. The fourth-order valence-electron chi connectivity index (χ4n) is 2.32. The SMILES string of the molecule is CCNC(CC(C)CC)c1cc2cc(Cl)ccc2o1. The van der Waals surface area contributed by atoms with Crippen LogP contribution in [0.5, 0.6) is 0 Å². The van der Waals surface area contributed by atoms with Crippen molar-refractivity contribution in [3.8, 4) is 0 Å². The molecule has 104 valence electrons. The first kappa shape index (κ1) is 14.4. The predicted molar refractivity (Wildman–Crippen MR) is 81.7 cm³/mol. The summed E-state index contributed by atoms with van der Waals surface area (Å²) in [4.78, 5) is 0. The van der Waals surface area contributed by atoms with Crippen molar-refractivity contribution in [2.24, 2.45) is 5.92 Å². The smallest absolute Gasteiger partial charge is 0.134 e. The molecule has 3 heteroatoms. The van der Waals surface area contributed by atoms with Crippen LogP contribution in [-0.4, -0.2) is 6.54 Å². The molecular formula is C16H22ClNO. The Morgan fingerprint density at radius 1 is 1.26 bits per heavy atom. The molecule has 0 saturated heterocycles. The summed E-state index contributed by atoms with van der Waals surface area (Å²) >= 11 is 6.02. The summed E-state index contributed by atoms with van der Waals surface area (Å²) in [6.45, 7) is 7.58. The van der Waals surface area contributed by atoms with Crippen molar-refractivity contribution in [1.82, 2.24) is 5.32 Å². The van der Waals surface area contributed by atoms with Crippen molar-refractivity contribution in [1.29, 1.82) is 0 Å². The van der Waals surface area contributed by atoms with E-state index in [0.29, 0.717) is 5.92 Å². The van der Waals surface area contributed by atoms with E-state index in [4.69, 9.17) is 16.0 Å². The van der Waals surface area contributed by atoms with Crippen LogP contribution >= 0.6 is 11.6 Å². The molecule has 2 atom stereocenters. The number of furan rings is 1. The Morgan fingerprint density at radius 3 is 2.74 bits per heavy atom. The van der Waals surface area contributed by atoms with Gasteiger partial charge in [-0.3, -0.25) is 0 Å². The van der Waals surface area contributed by atoms with Crippen molar-refractivity contribution in [2.45, 2.75) is 39.7 Å². The maximum absolute atomic E-state index is 6.02. The second-order valence-corrected chi connectivity index (χ2v) is 5.63. The van der Waals surface area contributed by atoms with Crippen LogP contribution in [0, 0.1) is 5.92 Å². The molecule has 2 rings (SSSR count). The molecule has 19 heavy (non-hydrogen) atoms. The molecular weight excluding hydrogens is 258 g/mol. The van der Waals surface area contributed by atoms with Gasteiger partial charge in [0, 0.05) is 10.4 Å². The zero-order chi connectivity index (χ0) is 13.8. The molecule has 0 aliphatic carbocycles. The molecule has 2 nitrogen and oxygen atoms in total. The van der Waals surface area contributed by atoms with Gasteiger partial charge in [-0.2, -0.15) is 0 Å². The Hall–Kier alpha value is -0.990. The zero-order valence-electron chi connectivity index (χ0n) is 11.9. The summed E-state index contributed by atoms with van der Waals surface area (Å²) in [5, 5.41) is 5.34. The lowest BCUT2D eigenvalue weighted by atomic mass is 9.97. The lowest BCUT2D eigenvalue weighted by Crippen LogP contribution is -2.22. The van der Waals surface area contributed by atoms with Gasteiger partial charge < -0.3 is 9.73 Å². The molecule has 0 aliphatic heterocycles. The molecule has 0 aliphatic rings. The number of hydrogen-bond donors (Lipinski definition) is 1. The van der Waals surface area contributed by atoms with Crippen LogP contribution in [0.3, 0.4) is 0 Å². The van der Waals surface area contributed by atoms with Crippen LogP contribution in [0.4, 0.5) is 0 Å². The Bertz CT molecular complexity index is 535. The Morgan fingerprint density at radius 2 is 2.05 bits per heavy atom. The summed E-state index contributed by atoms with van der Waals surface area (Å²) in [5.41, 5.74) is 0.909. The number of hydrogen-bond acceptors (Lipinski definition) is 2. The van der Waals surface area contributed by atoms with E-state index < -0.39 is 0 Å². The van der Waals surface area contributed by atoms with Crippen LogP contribution in [-0.2, 0) is 0 Å². The molecule has 0 fully saturated rings. The molecule has 2 unspecified atom stereocenters. The fourth-order valence-corrected chi connectivity index (χ4v) is 2.50.